The van der Waals surface area contributed by atoms with Crippen LogP contribution in [0.4, 0.5) is 5.69 Å². The molecule has 6 aliphatic rings. The largest absolute Gasteiger partial charge is 0.304 e. The summed E-state index contributed by atoms with van der Waals surface area (Å²) < 4.78 is 28.3. The first-order valence-electron chi connectivity index (χ1n) is 43.2. The first-order chi connectivity index (χ1) is 51.4. The van der Waals surface area contributed by atoms with Gasteiger partial charge in [0, 0.05) is 92.1 Å². The number of hydrogen-bond acceptors (Lipinski definition) is 9. The third kappa shape index (κ3) is 37.8. The molecule has 0 bridgehead atoms. The predicted octanol–water partition coefficient (Wildman–Crippen LogP) is 22.8. The van der Waals surface area contributed by atoms with Crippen LogP contribution in [0.2, 0.25) is 0 Å². The van der Waals surface area contributed by atoms with Gasteiger partial charge in [0.15, 0.2) is 0 Å². The Morgan fingerprint density at radius 2 is 0.673 bits per heavy atom. The van der Waals surface area contributed by atoms with E-state index in [4.69, 9.17) is 19.6 Å². The van der Waals surface area contributed by atoms with Crippen molar-refractivity contribution in [1.82, 2.24) is 53.9 Å². The molecule has 3 aliphatic heterocycles. The maximum absolute atomic E-state index is 7.54. The van der Waals surface area contributed by atoms with E-state index in [0.717, 1.165) is 114 Å². The van der Waals surface area contributed by atoms with E-state index in [1.807, 2.05) is 191 Å². The number of hydrogen-bond donors (Lipinski definition) is 0. The molecule has 0 N–H and O–H groups in total. The summed E-state index contributed by atoms with van der Waals surface area (Å²) in [6.07, 6.45) is 24.0. The molecule has 101 heavy (non-hydrogen) atoms. The fourth-order valence-electron chi connectivity index (χ4n) is 12.7. The topological polar surface area (TPSA) is 82.1 Å². The Morgan fingerprint density at radius 3 is 0.990 bits per heavy atom. The van der Waals surface area contributed by atoms with Crippen molar-refractivity contribution in [3.8, 4) is 22.5 Å². The van der Waals surface area contributed by atoms with Crippen LogP contribution in [0, 0.1) is 0 Å². The Labute approximate surface area is 641 Å². The molecule has 3 saturated carbocycles. The second-order valence-electron chi connectivity index (χ2n) is 22.6. The fraction of sp³-hybridized carbons (Fsp3) is 0.659. The average Bonchev–Trinajstić information content (AvgIpc) is 1.64. The van der Waals surface area contributed by atoms with Crippen LogP contribution in [-0.4, -0.2) is 182 Å². The number of likely N-dealkylation sites (N-methyl/N-ethyl adjacent to an activating group) is 3. The van der Waals surface area contributed by atoms with E-state index in [2.05, 4.69) is 153 Å². The maximum Gasteiger partial charge on any atom is 0.0923 e. The monoisotopic (exact) mass is 1570 g/mol. The van der Waals surface area contributed by atoms with Gasteiger partial charge in [-0.25, -0.2) is 0 Å². The molecule has 0 radical (unpaired) electrons. The zero-order valence-electron chi connectivity index (χ0n) is 72.7. The van der Waals surface area contributed by atoms with Gasteiger partial charge >= 0.3 is 179 Å². The summed E-state index contributed by atoms with van der Waals surface area (Å²) in [6, 6.07) is 41.6. The maximum atomic E-state index is 7.54. The minimum Gasteiger partial charge on any atom is -0.304 e. The molecule has 13 heteroatoms. The van der Waals surface area contributed by atoms with Crippen molar-refractivity contribution in [1.29, 1.82) is 0 Å². The van der Waals surface area contributed by atoms with Crippen molar-refractivity contribution in [2.45, 2.75) is 286 Å². The zero-order valence-corrected chi connectivity index (χ0v) is 72.7. The van der Waals surface area contributed by atoms with E-state index in [-0.39, 0.29) is 0 Å². The molecule has 6 aromatic rings. The van der Waals surface area contributed by atoms with Gasteiger partial charge in [-0.3, -0.25) is 19.2 Å². The van der Waals surface area contributed by atoms with Crippen LogP contribution in [0.15, 0.2) is 134 Å². The summed E-state index contributed by atoms with van der Waals surface area (Å²) in [5, 5.41) is 14.9. The van der Waals surface area contributed by atoms with E-state index in [9.17, 15) is 0 Å². The summed E-state index contributed by atoms with van der Waals surface area (Å²) in [4.78, 5) is 19.1. The van der Waals surface area contributed by atoms with Crippen LogP contribution < -0.4 is 0 Å². The molecule has 0 spiro atoms. The van der Waals surface area contributed by atoms with Crippen molar-refractivity contribution < 1.29 is 23.5 Å². The number of benzene rings is 3. The van der Waals surface area contributed by atoms with Crippen LogP contribution in [0.1, 0.15) is 271 Å². The molecule has 3 aliphatic carbocycles. The van der Waals surface area contributed by atoms with Crippen molar-refractivity contribution in [3.05, 3.63) is 150 Å². The van der Waals surface area contributed by atoms with Crippen molar-refractivity contribution in [3.63, 3.8) is 0 Å². The molecule has 6 fully saturated rings. The van der Waals surface area contributed by atoms with Gasteiger partial charge in [0.1, 0.15) is 0 Å². The van der Waals surface area contributed by atoms with Crippen molar-refractivity contribution >= 4 is 9.59 Å². The van der Waals surface area contributed by atoms with E-state index in [0.29, 0.717) is 45.2 Å². The summed E-state index contributed by atoms with van der Waals surface area (Å²) in [6.45, 7) is 61.1. The summed E-state index contributed by atoms with van der Waals surface area (Å²) >= 11 is 1.49. The SMILES string of the molecule is CC.CC.CC.CC.CC.CC.CC.CC.CC.CC.CC.CC.[2H]CN1CCN(C2CCC([N-]c3ccncc3[C](=[W])Cc3ccccc3)CC2)CC1.[2H]CN1CCN(C2CCC(n3ccc(-c4ccccc4)n3)CC2)CC1.[2H]CN1CCN(C2CCC(n3ccc(-c4ccccc4)n3)CC2)CC1. The molecule has 0 amide bonds. The molecular formula is C88H159N12W-. The molecule has 0 atom stereocenters. The Hall–Kier alpha value is -4.65. The number of pyridine rings is 1. The van der Waals surface area contributed by atoms with Crippen LogP contribution in [0.5, 0.6) is 0 Å². The molecule has 578 valence electrons. The summed E-state index contributed by atoms with van der Waals surface area (Å²) in [7, 11) is 1.34. The van der Waals surface area contributed by atoms with E-state index >= 15 is 0 Å². The van der Waals surface area contributed by atoms with E-state index < -0.39 is 0 Å². The molecular weight excluding hydrogens is 1410 g/mol. The summed E-state index contributed by atoms with van der Waals surface area (Å²) in [5.74, 6) is 0. The first-order valence-corrected chi connectivity index (χ1v) is 42.6. The Balaban J connectivity index is -0.00000129. The van der Waals surface area contributed by atoms with Gasteiger partial charge in [-0.1, -0.05) is 227 Å². The molecule has 0 unspecified atom stereocenters. The van der Waals surface area contributed by atoms with Gasteiger partial charge in [-0.05, 0) is 84.6 Å². The smallest absolute Gasteiger partial charge is 0.0923 e. The average molecular weight is 1570 g/mol. The molecule has 6 heterocycles. The molecule has 3 aromatic heterocycles. The van der Waals surface area contributed by atoms with Crippen molar-refractivity contribution in [2.75, 3.05) is 99.6 Å². The Morgan fingerprint density at radius 1 is 0.376 bits per heavy atom. The van der Waals surface area contributed by atoms with Gasteiger partial charge in [-0.15, -0.1) is 0 Å². The van der Waals surface area contributed by atoms with E-state index in [1.165, 1.54) is 123 Å². The quantitative estimate of drug-likeness (QED) is 0.119. The minimum absolute atomic E-state index is 0.427. The fourth-order valence-corrected chi connectivity index (χ4v) is 13.9. The van der Waals surface area contributed by atoms with Crippen molar-refractivity contribution in [2.24, 2.45) is 0 Å². The van der Waals surface area contributed by atoms with Gasteiger partial charge in [0.25, 0.3) is 0 Å². The number of nitrogens with zero attached hydrogens (tertiary/aromatic N) is 12. The summed E-state index contributed by atoms with van der Waals surface area (Å²) in [5.41, 5.74) is 8.25. The number of rotatable bonds is 12. The van der Waals surface area contributed by atoms with Crippen LogP contribution >= 0.6 is 0 Å². The Kier molecular flexibility index (Phi) is 62.8. The normalized spacial score (nSPS) is 20.5. The minimum atomic E-state index is 0.427. The van der Waals surface area contributed by atoms with E-state index in [1.54, 1.807) is 0 Å². The van der Waals surface area contributed by atoms with Crippen LogP contribution in [-0.2, 0) is 25.8 Å². The van der Waals surface area contributed by atoms with Crippen LogP contribution in [0.25, 0.3) is 27.8 Å². The molecule has 3 aromatic carbocycles. The standard InChI is InChI=1S/C24H31N4.2C20H28N4.12C2H6.W/c1-27-15-17-28(18-16-27)23-11-9-22(10-12-23)26-24-13-14-25-19-21(24)8-7-20-5-3-2-4-6-20;2*1-22-13-15-23(16-14-22)18-7-9-19(10-8-18)24-12-11-20(21-24)17-5-3-2-4-6-17;12*1-2;/h2-6,13-14,19,22-23H,7,9-12,15-18H2,1H3;2*2-6,11-12,18-19H,7-10,13-16H2,1H3;12*1-2H3;/q-1;;;;;;;;;;;;;;;/i3*1D;;;;;;;;;;;;;. The van der Waals surface area contributed by atoms with Gasteiger partial charge in [-0.2, -0.15) is 10.2 Å². The second kappa shape index (κ2) is 67.2. The molecule has 12 nitrogen and oxygen atoms in total. The first kappa shape index (κ1) is 94.4. The van der Waals surface area contributed by atoms with Crippen LogP contribution in [0.3, 0.4) is 0 Å². The number of piperazine rings is 3. The third-order valence-corrected chi connectivity index (χ3v) is 18.8. The molecule has 3 saturated heterocycles. The number of aromatic nitrogens is 5. The van der Waals surface area contributed by atoms with Gasteiger partial charge < -0.3 is 9.80 Å². The van der Waals surface area contributed by atoms with Gasteiger partial charge in [0.05, 0.1) is 23.5 Å². The Bertz CT molecular complexity index is 2610. The zero-order chi connectivity index (χ0) is 78.9. The second-order valence-corrected chi connectivity index (χ2v) is 24.3. The molecule has 12 rings (SSSR count). The third-order valence-electron chi connectivity index (χ3n) is 17.5. The van der Waals surface area contributed by atoms with Gasteiger partial charge in [0.2, 0.25) is 0 Å². The predicted molar refractivity (Wildman–Crippen MR) is 449 cm³/mol.